The summed E-state index contributed by atoms with van der Waals surface area (Å²) in [6.07, 6.45) is -1.19. The Bertz CT molecular complexity index is 217. The number of rotatable bonds is 3. The van der Waals surface area contributed by atoms with Crippen LogP contribution < -0.4 is 0 Å². The van der Waals surface area contributed by atoms with Gasteiger partial charge in [0.2, 0.25) is 0 Å². The van der Waals surface area contributed by atoms with Gasteiger partial charge in [-0.3, -0.25) is 0 Å². The third-order valence-electron chi connectivity index (χ3n) is 1.70. The SMILES string of the molecule is C=C/C(=C\N(C)C(C)C)C(F)(F)F.CCC. The Morgan fingerprint density at radius 2 is 1.69 bits per heavy atom. The van der Waals surface area contributed by atoms with Crippen LogP contribution in [0, 0.1) is 0 Å². The molecular formula is C12H22F3N. The van der Waals surface area contributed by atoms with Crippen molar-refractivity contribution >= 4 is 0 Å². The molecule has 0 radical (unpaired) electrons. The Hall–Kier alpha value is -0.930. The average molecular weight is 237 g/mol. The van der Waals surface area contributed by atoms with Crippen molar-refractivity contribution in [1.82, 2.24) is 4.90 Å². The zero-order chi connectivity index (χ0) is 13.4. The highest BCUT2D eigenvalue weighted by atomic mass is 19.4. The van der Waals surface area contributed by atoms with Gasteiger partial charge in [0.25, 0.3) is 0 Å². The second-order valence-corrected chi connectivity index (χ2v) is 3.75. The number of nitrogens with zero attached hydrogens (tertiary/aromatic N) is 1. The molecule has 0 amide bonds. The highest BCUT2D eigenvalue weighted by Gasteiger charge is 2.31. The Morgan fingerprint density at radius 3 is 1.88 bits per heavy atom. The van der Waals surface area contributed by atoms with Crippen LogP contribution in [-0.2, 0) is 0 Å². The summed E-state index contributed by atoms with van der Waals surface area (Å²) in [5.74, 6) is 0. The summed E-state index contributed by atoms with van der Waals surface area (Å²) < 4.78 is 36.5. The molecule has 0 rings (SSSR count). The Morgan fingerprint density at radius 1 is 1.31 bits per heavy atom. The van der Waals surface area contributed by atoms with Gasteiger partial charge >= 0.3 is 6.18 Å². The van der Waals surface area contributed by atoms with E-state index in [4.69, 9.17) is 0 Å². The van der Waals surface area contributed by atoms with E-state index in [-0.39, 0.29) is 6.04 Å². The molecule has 0 aromatic carbocycles. The van der Waals surface area contributed by atoms with Crippen LogP contribution in [0.4, 0.5) is 13.2 Å². The molecule has 0 spiro atoms. The van der Waals surface area contributed by atoms with Gasteiger partial charge in [-0.1, -0.05) is 32.9 Å². The second-order valence-electron chi connectivity index (χ2n) is 3.75. The zero-order valence-corrected chi connectivity index (χ0v) is 10.7. The smallest absolute Gasteiger partial charge is 0.378 e. The van der Waals surface area contributed by atoms with Crippen molar-refractivity contribution in [3.63, 3.8) is 0 Å². The Kier molecular flexibility index (Phi) is 9.00. The molecule has 0 aliphatic heterocycles. The minimum absolute atomic E-state index is 0.0392. The maximum Gasteiger partial charge on any atom is 0.417 e. The van der Waals surface area contributed by atoms with E-state index in [1.54, 1.807) is 7.05 Å². The van der Waals surface area contributed by atoms with Crippen molar-refractivity contribution in [2.45, 2.75) is 46.3 Å². The largest absolute Gasteiger partial charge is 0.417 e. The fourth-order valence-corrected chi connectivity index (χ4v) is 0.610. The summed E-state index contributed by atoms with van der Waals surface area (Å²) in [5, 5.41) is 0. The molecule has 0 aromatic heterocycles. The number of allylic oxidation sites excluding steroid dienone is 2. The van der Waals surface area contributed by atoms with Crippen LogP contribution in [0.2, 0.25) is 0 Å². The monoisotopic (exact) mass is 237 g/mol. The lowest BCUT2D eigenvalue weighted by Crippen LogP contribution is -2.23. The van der Waals surface area contributed by atoms with Gasteiger partial charge in [0.15, 0.2) is 0 Å². The van der Waals surface area contributed by atoms with Crippen LogP contribution in [0.5, 0.6) is 0 Å². The van der Waals surface area contributed by atoms with E-state index in [1.807, 2.05) is 13.8 Å². The summed E-state index contributed by atoms with van der Waals surface area (Å²) in [5.41, 5.74) is -0.719. The first-order valence-corrected chi connectivity index (χ1v) is 5.34. The van der Waals surface area contributed by atoms with Crippen LogP contribution in [0.3, 0.4) is 0 Å². The molecule has 0 N–H and O–H groups in total. The van der Waals surface area contributed by atoms with Crippen molar-refractivity contribution in [3.05, 3.63) is 24.4 Å². The molecule has 0 aromatic rings. The summed E-state index contributed by atoms with van der Waals surface area (Å²) in [6.45, 7) is 11.0. The van der Waals surface area contributed by atoms with Crippen LogP contribution in [0.15, 0.2) is 24.4 Å². The normalized spacial score (nSPS) is 11.9. The minimum Gasteiger partial charge on any atom is -0.378 e. The lowest BCUT2D eigenvalue weighted by Gasteiger charge is -2.20. The molecule has 0 saturated carbocycles. The first kappa shape index (κ1) is 17.5. The number of alkyl halides is 3. The van der Waals surface area contributed by atoms with Gasteiger partial charge in [-0.25, -0.2) is 0 Å². The predicted molar refractivity (Wildman–Crippen MR) is 63.2 cm³/mol. The average Bonchev–Trinajstić information content (AvgIpc) is 2.12. The Labute approximate surface area is 96.6 Å². The molecule has 0 atom stereocenters. The summed E-state index contributed by atoms with van der Waals surface area (Å²) in [7, 11) is 1.60. The van der Waals surface area contributed by atoms with Crippen molar-refractivity contribution in [1.29, 1.82) is 0 Å². The summed E-state index contributed by atoms with van der Waals surface area (Å²) in [6, 6.07) is 0.0392. The number of hydrogen-bond donors (Lipinski definition) is 0. The van der Waals surface area contributed by atoms with E-state index in [9.17, 15) is 13.2 Å². The highest BCUT2D eigenvalue weighted by molar-refractivity contribution is 5.21. The molecular weight excluding hydrogens is 215 g/mol. The number of halogens is 3. The molecule has 0 heterocycles. The van der Waals surface area contributed by atoms with Crippen LogP contribution in [0.1, 0.15) is 34.1 Å². The molecule has 0 unspecified atom stereocenters. The van der Waals surface area contributed by atoms with Crippen molar-refractivity contribution in [2.75, 3.05) is 7.05 Å². The van der Waals surface area contributed by atoms with Crippen LogP contribution in [-0.4, -0.2) is 24.2 Å². The molecule has 1 nitrogen and oxygen atoms in total. The molecule has 0 aliphatic carbocycles. The van der Waals surface area contributed by atoms with Gasteiger partial charge in [0.05, 0.1) is 5.57 Å². The van der Waals surface area contributed by atoms with E-state index in [2.05, 4.69) is 20.4 Å². The summed E-state index contributed by atoms with van der Waals surface area (Å²) in [4.78, 5) is 1.49. The van der Waals surface area contributed by atoms with Gasteiger partial charge in [-0.2, -0.15) is 13.2 Å². The lowest BCUT2D eigenvalue weighted by molar-refractivity contribution is -0.0892. The molecule has 0 bridgehead atoms. The molecule has 16 heavy (non-hydrogen) atoms. The quantitative estimate of drug-likeness (QED) is 0.658. The van der Waals surface area contributed by atoms with Gasteiger partial charge < -0.3 is 4.90 Å². The van der Waals surface area contributed by atoms with Crippen molar-refractivity contribution < 1.29 is 13.2 Å². The number of hydrogen-bond acceptors (Lipinski definition) is 1. The zero-order valence-electron chi connectivity index (χ0n) is 10.7. The van der Waals surface area contributed by atoms with E-state index < -0.39 is 11.7 Å². The fourth-order valence-electron chi connectivity index (χ4n) is 0.610. The second kappa shape index (κ2) is 8.25. The third kappa shape index (κ3) is 8.38. The molecule has 0 aliphatic rings. The molecule has 0 saturated heterocycles. The predicted octanol–water partition coefficient (Wildman–Crippen LogP) is 4.38. The third-order valence-corrected chi connectivity index (χ3v) is 1.70. The minimum atomic E-state index is -4.31. The van der Waals surface area contributed by atoms with Gasteiger partial charge in [0, 0.05) is 19.3 Å². The molecule has 0 fully saturated rings. The highest BCUT2D eigenvalue weighted by Crippen LogP contribution is 2.26. The van der Waals surface area contributed by atoms with Crippen molar-refractivity contribution in [2.24, 2.45) is 0 Å². The molecule has 96 valence electrons. The van der Waals surface area contributed by atoms with Gasteiger partial charge in [0.1, 0.15) is 0 Å². The first-order valence-electron chi connectivity index (χ1n) is 5.34. The lowest BCUT2D eigenvalue weighted by atomic mass is 10.2. The summed E-state index contributed by atoms with van der Waals surface area (Å²) >= 11 is 0. The van der Waals surface area contributed by atoms with E-state index >= 15 is 0 Å². The van der Waals surface area contributed by atoms with Crippen molar-refractivity contribution in [3.8, 4) is 0 Å². The standard InChI is InChI=1S/C9H14F3N.C3H8/c1-5-8(9(10,11)12)6-13(4)7(2)3;1-3-2/h5-7H,1H2,2-4H3;3H2,1-2H3/b8-6+;. The maximum atomic E-state index is 12.2. The molecule has 4 heteroatoms. The van der Waals surface area contributed by atoms with E-state index in [0.717, 1.165) is 12.3 Å². The maximum absolute atomic E-state index is 12.2. The van der Waals surface area contributed by atoms with Crippen LogP contribution >= 0.6 is 0 Å². The topological polar surface area (TPSA) is 3.24 Å². The van der Waals surface area contributed by atoms with Crippen LogP contribution in [0.25, 0.3) is 0 Å². The fraction of sp³-hybridized carbons (Fsp3) is 0.667. The first-order chi connectivity index (χ1) is 7.20. The Balaban J connectivity index is 0. The van der Waals surface area contributed by atoms with Gasteiger partial charge in [-0.15, -0.1) is 0 Å². The van der Waals surface area contributed by atoms with E-state index in [1.165, 1.54) is 11.3 Å². The van der Waals surface area contributed by atoms with E-state index in [0.29, 0.717) is 0 Å². The van der Waals surface area contributed by atoms with Gasteiger partial charge in [-0.05, 0) is 13.8 Å².